The Kier molecular flexibility index (Phi) is 11.2. The van der Waals surface area contributed by atoms with Gasteiger partial charge >= 0.3 is 12.1 Å². The van der Waals surface area contributed by atoms with Gasteiger partial charge < -0.3 is 9.47 Å². The quantitative estimate of drug-likeness (QED) is 0.217. The predicted octanol–water partition coefficient (Wildman–Crippen LogP) is 7.30. The smallest absolute Gasteiger partial charge is 0.428 e. The topological polar surface area (TPSA) is 48.4 Å². The molecule has 4 nitrogen and oxygen atoms in total. The fourth-order valence-corrected chi connectivity index (χ4v) is 3.36. The normalized spacial score (nSPS) is 12.4. The van der Waals surface area contributed by atoms with Crippen molar-refractivity contribution in [2.45, 2.75) is 83.9 Å². The minimum atomic E-state index is -4.65. The lowest BCUT2D eigenvalue weighted by molar-refractivity contribution is -0.209. The fraction of sp³-hybridized carbons (Fsp3) is 0.538. The van der Waals surface area contributed by atoms with E-state index in [9.17, 15) is 18.0 Å². The highest BCUT2D eigenvalue weighted by atomic mass is 19.4. The molecule has 1 aromatic heterocycles. The maximum Gasteiger partial charge on any atom is 0.428 e. The Hall–Kier alpha value is -2.57. The standard InChI is InChI=1S/C26H34F3NO3/c1-3-5-6-7-8-9-11-20-12-17-23(30-18-20)21-13-15-22(16-14-21)33-24(26(27,28)29)19-32-25(31)10-4-2/h12-18,24H,3-11,19H2,1-2H3. The summed E-state index contributed by atoms with van der Waals surface area (Å²) in [5.41, 5.74) is 2.71. The molecule has 0 aliphatic rings. The van der Waals surface area contributed by atoms with E-state index >= 15 is 0 Å². The van der Waals surface area contributed by atoms with Crippen molar-refractivity contribution in [2.24, 2.45) is 0 Å². The molecule has 0 saturated carbocycles. The van der Waals surface area contributed by atoms with Gasteiger partial charge in [0.25, 0.3) is 0 Å². The first-order chi connectivity index (χ1) is 15.8. The van der Waals surface area contributed by atoms with Crippen molar-refractivity contribution in [1.82, 2.24) is 4.98 Å². The fourth-order valence-electron chi connectivity index (χ4n) is 3.36. The molecule has 33 heavy (non-hydrogen) atoms. The van der Waals surface area contributed by atoms with Gasteiger partial charge in [-0.25, -0.2) is 0 Å². The van der Waals surface area contributed by atoms with Crippen molar-refractivity contribution in [1.29, 1.82) is 0 Å². The van der Waals surface area contributed by atoms with E-state index in [0.717, 1.165) is 24.1 Å². The molecule has 0 aliphatic heterocycles. The molecule has 182 valence electrons. The summed E-state index contributed by atoms with van der Waals surface area (Å²) < 4.78 is 49.6. The molecule has 1 aromatic carbocycles. The van der Waals surface area contributed by atoms with Crippen molar-refractivity contribution in [2.75, 3.05) is 6.61 Å². The maximum atomic E-state index is 13.3. The van der Waals surface area contributed by atoms with Crippen LogP contribution in [0, 0.1) is 0 Å². The van der Waals surface area contributed by atoms with Gasteiger partial charge in [0, 0.05) is 18.2 Å². The number of alkyl halides is 3. The van der Waals surface area contributed by atoms with Crippen molar-refractivity contribution in [3.63, 3.8) is 0 Å². The zero-order chi connectivity index (χ0) is 24.1. The Labute approximate surface area is 194 Å². The average molecular weight is 466 g/mol. The average Bonchev–Trinajstić information content (AvgIpc) is 2.79. The van der Waals surface area contributed by atoms with Gasteiger partial charge in [-0.1, -0.05) is 52.0 Å². The Balaban J connectivity index is 1.90. The Morgan fingerprint density at radius 2 is 1.64 bits per heavy atom. The van der Waals surface area contributed by atoms with E-state index in [2.05, 4.69) is 11.9 Å². The van der Waals surface area contributed by atoms with Crippen molar-refractivity contribution in [3.8, 4) is 17.0 Å². The lowest BCUT2D eigenvalue weighted by atomic mass is 10.1. The first kappa shape index (κ1) is 26.7. The second-order valence-corrected chi connectivity index (χ2v) is 8.17. The predicted molar refractivity (Wildman–Crippen MR) is 123 cm³/mol. The third-order valence-corrected chi connectivity index (χ3v) is 5.29. The van der Waals surface area contributed by atoms with Gasteiger partial charge in [-0.05, 0) is 55.2 Å². The van der Waals surface area contributed by atoms with Gasteiger partial charge in [0.2, 0.25) is 6.10 Å². The summed E-state index contributed by atoms with van der Waals surface area (Å²) in [5.74, 6) is -0.621. The number of hydrogen-bond donors (Lipinski definition) is 0. The van der Waals surface area contributed by atoms with E-state index in [1.165, 1.54) is 49.8 Å². The largest absolute Gasteiger partial charge is 0.477 e. The summed E-state index contributed by atoms with van der Waals surface area (Å²) in [5, 5.41) is 0. The van der Waals surface area contributed by atoms with Crippen LogP contribution < -0.4 is 4.74 Å². The third kappa shape index (κ3) is 9.84. The van der Waals surface area contributed by atoms with Crippen LogP contribution in [0.2, 0.25) is 0 Å². The molecule has 0 fully saturated rings. The van der Waals surface area contributed by atoms with Crippen molar-refractivity contribution >= 4 is 5.97 Å². The van der Waals surface area contributed by atoms with Crippen molar-refractivity contribution in [3.05, 3.63) is 48.2 Å². The lowest BCUT2D eigenvalue weighted by Gasteiger charge is -2.21. The monoisotopic (exact) mass is 465 g/mol. The first-order valence-electron chi connectivity index (χ1n) is 11.8. The van der Waals surface area contributed by atoms with Gasteiger partial charge in [0.05, 0.1) is 5.69 Å². The summed E-state index contributed by atoms with van der Waals surface area (Å²) in [6.07, 6.45) is 4.02. The molecule has 2 rings (SSSR count). The summed E-state index contributed by atoms with van der Waals surface area (Å²) >= 11 is 0. The van der Waals surface area contributed by atoms with Crippen LogP contribution in [0.15, 0.2) is 42.6 Å². The molecule has 0 bridgehead atoms. The molecular formula is C26H34F3NO3. The molecule has 0 aliphatic carbocycles. The second kappa shape index (κ2) is 13.9. The van der Waals surface area contributed by atoms with Gasteiger partial charge in [-0.15, -0.1) is 0 Å². The number of carbonyl (C=O) groups excluding carboxylic acids is 1. The maximum absolute atomic E-state index is 13.3. The molecule has 0 spiro atoms. The molecule has 0 saturated heterocycles. The summed E-state index contributed by atoms with van der Waals surface area (Å²) in [4.78, 5) is 15.9. The number of ether oxygens (including phenoxy) is 2. The van der Waals surface area contributed by atoms with Crippen LogP contribution >= 0.6 is 0 Å². The van der Waals surface area contributed by atoms with Crippen molar-refractivity contribution < 1.29 is 27.4 Å². The van der Waals surface area contributed by atoms with Gasteiger partial charge in [-0.3, -0.25) is 9.78 Å². The number of carbonyl (C=O) groups is 1. The highest BCUT2D eigenvalue weighted by molar-refractivity contribution is 5.69. The SMILES string of the molecule is CCCCCCCCc1ccc(-c2ccc(OC(COC(=O)CCC)C(F)(F)F)cc2)nc1. The molecule has 2 aromatic rings. The molecule has 0 N–H and O–H groups in total. The van der Waals surface area contributed by atoms with Crippen LogP contribution in [-0.4, -0.2) is 29.8 Å². The van der Waals surface area contributed by atoms with Crippen LogP contribution in [-0.2, 0) is 16.0 Å². The minimum Gasteiger partial charge on any atom is -0.477 e. The van der Waals surface area contributed by atoms with Crippen LogP contribution in [0.25, 0.3) is 11.3 Å². The molecular weight excluding hydrogens is 431 g/mol. The van der Waals surface area contributed by atoms with Crippen LogP contribution in [0.5, 0.6) is 5.75 Å². The molecule has 7 heteroatoms. The highest BCUT2D eigenvalue weighted by Crippen LogP contribution is 2.27. The molecule has 1 heterocycles. The number of hydrogen-bond acceptors (Lipinski definition) is 4. The van der Waals surface area contributed by atoms with Gasteiger partial charge in [0.15, 0.2) is 0 Å². The Bertz CT molecular complexity index is 820. The van der Waals surface area contributed by atoms with Crippen LogP contribution in [0.4, 0.5) is 13.2 Å². The van der Waals surface area contributed by atoms with Crippen LogP contribution in [0.3, 0.4) is 0 Å². The number of unbranched alkanes of at least 4 members (excludes halogenated alkanes) is 5. The van der Waals surface area contributed by atoms with E-state index in [-0.39, 0.29) is 12.2 Å². The number of halogens is 3. The van der Waals surface area contributed by atoms with Gasteiger partial charge in [0.1, 0.15) is 12.4 Å². The zero-order valence-electron chi connectivity index (χ0n) is 19.5. The lowest BCUT2D eigenvalue weighted by Crippen LogP contribution is -2.39. The first-order valence-corrected chi connectivity index (χ1v) is 11.8. The van der Waals surface area contributed by atoms with Crippen LogP contribution in [0.1, 0.15) is 70.8 Å². The van der Waals surface area contributed by atoms with Gasteiger partial charge in [-0.2, -0.15) is 13.2 Å². The number of benzene rings is 1. The molecule has 1 unspecified atom stereocenters. The second-order valence-electron chi connectivity index (χ2n) is 8.17. The molecule has 0 amide bonds. The minimum absolute atomic E-state index is 0.0484. The van der Waals surface area contributed by atoms with E-state index in [1.54, 1.807) is 19.1 Å². The number of esters is 1. The number of nitrogens with zero attached hydrogens (tertiary/aromatic N) is 1. The zero-order valence-corrected chi connectivity index (χ0v) is 19.5. The van der Waals surface area contributed by atoms with E-state index in [0.29, 0.717) is 6.42 Å². The number of rotatable bonds is 14. The molecule has 0 radical (unpaired) electrons. The molecule has 1 atom stereocenters. The number of aromatic nitrogens is 1. The number of aryl methyl sites for hydroxylation is 1. The Morgan fingerprint density at radius 1 is 0.939 bits per heavy atom. The van der Waals surface area contributed by atoms with E-state index in [1.807, 2.05) is 18.3 Å². The van der Waals surface area contributed by atoms with E-state index < -0.39 is 24.9 Å². The summed E-state index contributed by atoms with van der Waals surface area (Å²) in [7, 11) is 0. The summed E-state index contributed by atoms with van der Waals surface area (Å²) in [6, 6.07) is 10.2. The highest BCUT2D eigenvalue weighted by Gasteiger charge is 2.42. The third-order valence-electron chi connectivity index (χ3n) is 5.29. The van der Waals surface area contributed by atoms with E-state index in [4.69, 9.17) is 9.47 Å². The number of pyridine rings is 1. The Morgan fingerprint density at radius 3 is 2.24 bits per heavy atom. The summed E-state index contributed by atoms with van der Waals surface area (Å²) in [6.45, 7) is 3.09.